The number of alkyl halides is 2. The molecule has 0 bridgehead atoms. The second-order valence-corrected chi connectivity index (χ2v) is 7.42. The number of thiophene rings is 1. The zero-order valence-electron chi connectivity index (χ0n) is 9.25. The minimum absolute atomic E-state index is 0.0297. The van der Waals surface area contributed by atoms with Crippen molar-refractivity contribution in [2.45, 2.75) is 24.2 Å². The van der Waals surface area contributed by atoms with Crippen LogP contribution in [0.3, 0.4) is 0 Å². The maximum absolute atomic E-state index is 12.1. The van der Waals surface area contributed by atoms with Gasteiger partial charge in [-0.05, 0) is 25.5 Å². The molecule has 1 amide bonds. The van der Waals surface area contributed by atoms with E-state index in [1.54, 1.807) is 4.90 Å². The van der Waals surface area contributed by atoms with Crippen LogP contribution in [0.1, 0.15) is 18.2 Å². The summed E-state index contributed by atoms with van der Waals surface area (Å²) < 4.78 is -0.114. The number of hydrogen-bond donors (Lipinski definition) is 0. The van der Waals surface area contributed by atoms with Gasteiger partial charge in [0.25, 0.3) is 0 Å². The van der Waals surface area contributed by atoms with Crippen molar-refractivity contribution in [1.82, 2.24) is 4.90 Å². The maximum Gasteiger partial charge on any atom is 0.229 e. The zero-order chi connectivity index (χ0) is 12.6. The van der Waals surface area contributed by atoms with Crippen molar-refractivity contribution in [3.05, 3.63) is 21.3 Å². The Labute approximate surface area is 119 Å². The Morgan fingerprint density at radius 2 is 2.24 bits per heavy atom. The third kappa shape index (κ3) is 3.08. The molecule has 1 aliphatic rings. The van der Waals surface area contributed by atoms with Gasteiger partial charge in [0.2, 0.25) is 5.91 Å². The van der Waals surface area contributed by atoms with Gasteiger partial charge in [0.1, 0.15) is 4.33 Å². The second kappa shape index (κ2) is 4.96. The van der Waals surface area contributed by atoms with Crippen molar-refractivity contribution in [2.75, 3.05) is 6.54 Å². The van der Waals surface area contributed by atoms with Crippen molar-refractivity contribution < 1.29 is 4.79 Å². The molecule has 1 heterocycles. The van der Waals surface area contributed by atoms with Gasteiger partial charge in [0.15, 0.2) is 0 Å². The summed E-state index contributed by atoms with van der Waals surface area (Å²) in [5, 5.41) is 0. The lowest BCUT2D eigenvalue weighted by molar-refractivity contribution is -0.132. The van der Waals surface area contributed by atoms with Gasteiger partial charge in [-0.1, -0.05) is 11.6 Å². The number of hydrogen-bond acceptors (Lipinski definition) is 2. The van der Waals surface area contributed by atoms with E-state index in [0.29, 0.717) is 19.5 Å². The normalized spacial score (nSPS) is 21.3. The summed E-state index contributed by atoms with van der Waals surface area (Å²) in [5.41, 5.74) is 0. The van der Waals surface area contributed by atoms with Crippen LogP contribution in [0.15, 0.2) is 12.1 Å². The lowest BCUT2D eigenvalue weighted by Gasteiger charge is -2.20. The van der Waals surface area contributed by atoms with Gasteiger partial charge in [-0.2, -0.15) is 0 Å². The molecule has 1 saturated carbocycles. The molecule has 1 atom stereocenters. The molecule has 17 heavy (non-hydrogen) atoms. The van der Waals surface area contributed by atoms with Gasteiger partial charge in [-0.15, -0.1) is 34.5 Å². The van der Waals surface area contributed by atoms with Crippen LogP contribution in [0.2, 0.25) is 4.34 Å². The summed E-state index contributed by atoms with van der Waals surface area (Å²) in [6.07, 6.45) is 0.552. The molecule has 0 aliphatic heterocycles. The molecule has 2 nitrogen and oxygen atoms in total. The molecule has 1 fully saturated rings. The Kier molecular flexibility index (Phi) is 3.93. The third-order valence-electron chi connectivity index (χ3n) is 2.79. The van der Waals surface area contributed by atoms with Gasteiger partial charge in [0, 0.05) is 11.4 Å². The Hall–Kier alpha value is 0.0400. The van der Waals surface area contributed by atoms with E-state index >= 15 is 0 Å². The third-order valence-corrected chi connectivity index (χ3v) is 4.84. The molecule has 0 saturated heterocycles. The smallest absolute Gasteiger partial charge is 0.229 e. The lowest BCUT2D eigenvalue weighted by Crippen LogP contribution is -2.32. The number of rotatable bonds is 4. The molecule has 1 unspecified atom stereocenters. The molecule has 6 heteroatoms. The van der Waals surface area contributed by atoms with Crippen LogP contribution >= 0.6 is 46.1 Å². The minimum Gasteiger partial charge on any atom is -0.337 e. The van der Waals surface area contributed by atoms with Crippen molar-refractivity contribution in [2.24, 2.45) is 5.92 Å². The predicted octanol–water partition coefficient (Wildman–Crippen LogP) is 3.94. The molecule has 2 rings (SSSR count). The number of halogens is 3. The number of amides is 1. The first-order chi connectivity index (χ1) is 7.94. The molecule has 1 aliphatic carbocycles. The highest BCUT2D eigenvalue weighted by atomic mass is 35.5. The number of carbonyl (C=O) groups is 1. The van der Waals surface area contributed by atoms with Crippen molar-refractivity contribution in [1.29, 1.82) is 0 Å². The van der Waals surface area contributed by atoms with Crippen molar-refractivity contribution >= 4 is 52.0 Å². The van der Waals surface area contributed by atoms with Crippen LogP contribution in [-0.4, -0.2) is 21.7 Å². The Balaban J connectivity index is 2.00. The molecular weight excluding hydrogens is 301 g/mol. The molecule has 0 spiro atoms. The van der Waals surface area contributed by atoms with E-state index in [4.69, 9.17) is 34.8 Å². The largest absolute Gasteiger partial charge is 0.337 e. The summed E-state index contributed by atoms with van der Waals surface area (Å²) in [6, 6.07) is 3.77. The van der Waals surface area contributed by atoms with E-state index in [1.165, 1.54) is 11.3 Å². The predicted molar refractivity (Wildman–Crippen MR) is 73.0 cm³/mol. The first kappa shape index (κ1) is 13.5. The number of nitrogens with zero attached hydrogens (tertiary/aromatic N) is 1. The summed E-state index contributed by atoms with van der Waals surface area (Å²) in [6.45, 7) is 3.17. The molecular formula is C11H12Cl3NOS. The highest BCUT2D eigenvalue weighted by molar-refractivity contribution is 7.16. The topological polar surface area (TPSA) is 20.3 Å². The fourth-order valence-corrected chi connectivity index (χ4v) is 3.27. The summed E-state index contributed by atoms with van der Waals surface area (Å²) >= 11 is 19.2. The van der Waals surface area contributed by atoms with Crippen LogP contribution in [0, 0.1) is 5.92 Å². The highest BCUT2D eigenvalue weighted by Crippen LogP contribution is 2.54. The fourth-order valence-electron chi connectivity index (χ4n) is 1.67. The lowest BCUT2D eigenvalue weighted by atomic mass is 10.3. The summed E-state index contributed by atoms with van der Waals surface area (Å²) in [4.78, 5) is 14.9. The standard InChI is InChI=1S/C11H12Cl3NOS/c1-2-15(6-7-3-4-9(12)17-7)10(16)8-5-11(8,13)14/h3-4,8H,2,5-6H2,1H3. The first-order valence-corrected chi connectivity index (χ1v) is 7.30. The number of carbonyl (C=O) groups excluding carboxylic acids is 1. The first-order valence-electron chi connectivity index (χ1n) is 5.35. The van der Waals surface area contributed by atoms with E-state index in [-0.39, 0.29) is 11.8 Å². The van der Waals surface area contributed by atoms with E-state index in [9.17, 15) is 4.79 Å². The van der Waals surface area contributed by atoms with Crippen molar-refractivity contribution in [3.8, 4) is 0 Å². The molecule has 1 aromatic heterocycles. The van der Waals surface area contributed by atoms with Crippen LogP contribution in [0.5, 0.6) is 0 Å². The Bertz CT molecular complexity index is 432. The van der Waals surface area contributed by atoms with Crippen molar-refractivity contribution in [3.63, 3.8) is 0 Å². The van der Waals surface area contributed by atoms with E-state index in [2.05, 4.69) is 0 Å². The van der Waals surface area contributed by atoms with Gasteiger partial charge in [-0.25, -0.2) is 0 Å². The van der Waals surface area contributed by atoms with Crippen LogP contribution in [0.25, 0.3) is 0 Å². The van der Waals surface area contributed by atoms with Crippen LogP contribution in [0.4, 0.5) is 0 Å². The van der Waals surface area contributed by atoms with Gasteiger partial charge in [0.05, 0.1) is 16.8 Å². The van der Waals surface area contributed by atoms with Gasteiger partial charge < -0.3 is 4.90 Å². The Morgan fingerprint density at radius 1 is 1.59 bits per heavy atom. The average molecular weight is 313 g/mol. The fraction of sp³-hybridized carbons (Fsp3) is 0.545. The Morgan fingerprint density at radius 3 is 2.65 bits per heavy atom. The average Bonchev–Trinajstić information content (AvgIpc) is 2.70. The molecule has 0 radical (unpaired) electrons. The molecule has 0 N–H and O–H groups in total. The monoisotopic (exact) mass is 311 g/mol. The molecule has 1 aromatic rings. The van der Waals surface area contributed by atoms with E-state index in [0.717, 1.165) is 9.21 Å². The highest BCUT2D eigenvalue weighted by Gasteiger charge is 2.57. The molecule has 94 valence electrons. The van der Waals surface area contributed by atoms with Gasteiger partial charge in [-0.3, -0.25) is 4.79 Å². The van der Waals surface area contributed by atoms with Gasteiger partial charge >= 0.3 is 0 Å². The quantitative estimate of drug-likeness (QED) is 0.771. The minimum atomic E-state index is -0.850. The molecule has 0 aromatic carbocycles. The SMILES string of the molecule is CCN(Cc1ccc(Cl)s1)C(=O)C1CC1(Cl)Cl. The maximum atomic E-state index is 12.1. The van der Waals surface area contributed by atoms with Crippen LogP contribution in [-0.2, 0) is 11.3 Å². The van der Waals surface area contributed by atoms with E-state index in [1.807, 2.05) is 19.1 Å². The second-order valence-electron chi connectivity index (χ2n) is 4.08. The zero-order valence-corrected chi connectivity index (χ0v) is 12.3. The van der Waals surface area contributed by atoms with E-state index < -0.39 is 4.33 Å². The van der Waals surface area contributed by atoms with Crippen LogP contribution < -0.4 is 0 Å². The summed E-state index contributed by atoms with van der Waals surface area (Å²) in [5.74, 6) is -0.219. The summed E-state index contributed by atoms with van der Waals surface area (Å²) in [7, 11) is 0.